The Labute approximate surface area is 122 Å². The standard InChI is InChI=1S/C15H18N4S/c1-11-14(19-8-4-3-5-15(19)17-11)9-16-7-6-13-10-20-12(2)18-13/h3-5,8,10,16H,6-7,9H2,1-2H3. The molecule has 3 aromatic heterocycles. The highest BCUT2D eigenvalue weighted by Gasteiger charge is 2.07. The van der Waals surface area contributed by atoms with Gasteiger partial charge in [-0.2, -0.15) is 0 Å². The van der Waals surface area contributed by atoms with Crippen LogP contribution < -0.4 is 5.32 Å². The average Bonchev–Trinajstić information content (AvgIpc) is 2.98. The lowest BCUT2D eigenvalue weighted by atomic mass is 10.3. The van der Waals surface area contributed by atoms with Gasteiger partial charge in [0.1, 0.15) is 5.65 Å². The van der Waals surface area contributed by atoms with Gasteiger partial charge < -0.3 is 9.72 Å². The van der Waals surface area contributed by atoms with Gasteiger partial charge in [0.2, 0.25) is 0 Å². The molecule has 0 radical (unpaired) electrons. The van der Waals surface area contributed by atoms with Crippen molar-refractivity contribution < 1.29 is 0 Å². The first kappa shape index (κ1) is 13.3. The van der Waals surface area contributed by atoms with Crippen LogP contribution in [-0.2, 0) is 13.0 Å². The zero-order valence-electron chi connectivity index (χ0n) is 11.8. The Bertz CT molecular complexity index is 714. The molecule has 0 aromatic carbocycles. The molecule has 5 heteroatoms. The SMILES string of the molecule is Cc1nc(CCNCc2c(C)nc3ccccn23)cs1. The van der Waals surface area contributed by atoms with Crippen LogP contribution in [0.5, 0.6) is 0 Å². The second-order valence-corrected chi connectivity index (χ2v) is 5.92. The maximum Gasteiger partial charge on any atom is 0.137 e. The molecule has 3 heterocycles. The first-order chi connectivity index (χ1) is 9.74. The summed E-state index contributed by atoms with van der Waals surface area (Å²) in [5, 5.41) is 6.75. The fourth-order valence-electron chi connectivity index (χ4n) is 2.32. The molecule has 0 aliphatic heterocycles. The maximum absolute atomic E-state index is 4.57. The van der Waals surface area contributed by atoms with Crippen molar-refractivity contribution in [2.24, 2.45) is 0 Å². The Morgan fingerprint density at radius 2 is 2.15 bits per heavy atom. The van der Waals surface area contributed by atoms with E-state index in [1.54, 1.807) is 11.3 Å². The number of imidazole rings is 1. The fourth-order valence-corrected chi connectivity index (χ4v) is 2.97. The molecular weight excluding hydrogens is 268 g/mol. The summed E-state index contributed by atoms with van der Waals surface area (Å²) in [6.45, 7) is 5.87. The van der Waals surface area contributed by atoms with Crippen molar-refractivity contribution in [3.8, 4) is 0 Å². The lowest BCUT2D eigenvalue weighted by Crippen LogP contribution is -2.18. The molecule has 0 saturated heterocycles. The van der Waals surface area contributed by atoms with Gasteiger partial charge in [-0.1, -0.05) is 6.07 Å². The molecule has 0 saturated carbocycles. The third kappa shape index (κ3) is 2.73. The number of rotatable bonds is 5. The van der Waals surface area contributed by atoms with Crippen LogP contribution >= 0.6 is 11.3 Å². The van der Waals surface area contributed by atoms with Gasteiger partial charge in [-0.25, -0.2) is 9.97 Å². The third-order valence-corrected chi connectivity index (χ3v) is 4.17. The average molecular weight is 286 g/mol. The smallest absolute Gasteiger partial charge is 0.137 e. The maximum atomic E-state index is 4.57. The van der Waals surface area contributed by atoms with Gasteiger partial charge in [-0.15, -0.1) is 11.3 Å². The third-order valence-electron chi connectivity index (χ3n) is 3.35. The number of thiazole rings is 1. The number of hydrogen-bond donors (Lipinski definition) is 1. The van der Waals surface area contributed by atoms with E-state index in [0.717, 1.165) is 35.9 Å². The molecule has 1 N–H and O–H groups in total. The van der Waals surface area contributed by atoms with Crippen LogP contribution in [0.2, 0.25) is 0 Å². The number of aromatic nitrogens is 3. The van der Waals surface area contributed by atoms with Crippen LogP contribution in [0.1, 0.15) is 22.1 Å². The van der Waals surface area contributed by atoms with Crippen molar-refractivity contribution in [2.75, 3.05) is 6.54 Å². The molecule has 0 unspecified atom stereocenters. The summed E-state index contributed by atoms with van der Waals surface area (Å²) >= 11 is 1.71. The van der Waals surface area contributed by atoms with Crippen molar-refractivity contribution in [3.05, 3.63) is 51.9 Å². The predicted octanol–water partition coefficient (Wildman–Crippen LogP) is 2.74. The number of fused-ring (bicyclic) bond motifs is 1. The minimum atomic E-state index is 0.833. The van der Waals surface area contributed by atoms with Crippen molar-refractivity contribution >= 4 is 17.0 Å². The van der Waals surface area contributed by atoms with E-state index >= 15 is 0 Å². The molecule has 0 bridgehead atoms. The van der Waals surface area contributed by atoms with E-state index in [4.69, 9.17) is 0 Å². The Hall–Kier alpha value is -1.72. The van der Waals surface area contributed by atoms with Crippen molar-refractivity contribution in [1.29, 1.82) is 0 Å². The minimum absolute atomic E-state index is 0.833. The lowest BCUT2D eigenvalue weighted by Gasteiger charge is -2.05. The van der Waals surface area contributed by atoms with E-state index in [0.29, 0.717) is 0 Å². The van der Waals surface area contributed by atoms with Crippen LogP contribution in [0.3, 0.4) is 0 Å². The minimum Gasteiger partial charge on any atom is -0.311 e. The van der Waals surface area contributed by atoms with Crippen LogP contribution in [0.25, 0.3) is 5.65 Å². The lowest BCUT2D eigenvalue weighted by molar-refractivity contribution is 0.663. The fraction of sp³-hybridized carbons (Fsp3) is 0.333. The molecule has 0 aliphatic carbocycles. The summed E-state index contributed by atoms with van der Waals surface area (Å²) in [7, 11) is 0. The number of pyridine rings is 1. The van der Waals surface area contributed by atoms with Crippen molar-refractivity contribution in [3.63, 3.8) is 0 Å². The van der Waals surface area contributed by atoms with Crippen molar-refractivity contribution in [2.45, 2.75) is 26.8 Å². The second-order valence-electron chi connectivity index (χ2n) is 4.86. The number of aryl methyl sites for hydroxylation is 2. The number of nitrogens with zero attached hydrogens (tertiary/aromatic N) is 3. The Kier molecular flexibility index (Phi) is 3.80. The van der Waals surface area contributed by atoms with Crippen molar-refractivity contribution in [1.82, 2.24) is 19.7 Å². The monoisotopic (exact) mass is 286 g/mol. The van der Waals surface area contributed by atoms with E-state index in [9.17, 15) is 0 Å². The molecule has 4 nitrogen and oxygen atoms in total. The van der Waals surface area contributed by atoms with Crippen LogP contribution in [0.15, 0.2) is 29.8 Å². The van der Waals surface area contributed by atoms with Gasteiger partial charge in [0.25, 0.3) is 0 Å². The Morgan fingerprint density at radius 1 is 1.25 bits per heavy atom. The van der Waals surface area contributed by atoms with Crippen LogP contribution in [0, 0.1) is 13.8 Å². The molecule has 0 amide bonds. The highest BCUT2D eigenvalue weighted by molar-refractivity contribution is 7.09. The molecule has 20 heavy (non-hydrogen) atoms. The van der Waals surface area contributed by atoms with E-state index in [1.165, 1.54) is 11.4 Å². The highest BCUT2D eigenvalue weighted by Crippen LogP contribution is 2.11. The van der Waals surface area contributed by atoms with Gasteiger partial charge in [0.05, 0.1) is 22.1 Å². The Morgan fingerprint density at radius 3 is 2.95 bits per heavy atom. The van der Waals surface area contributed by atoms with Crippen LogP contribution in [-0.4, -0.2) is 20.9 Å². The molecular formula is C15H18N4S. The van der Waals surface area contributed by atoms with Gasteiger partial charge in [0, 0.05) is 31.1 Å². The molecule has 3 rings (SSSR count). The summed E-state index contributed by atoms with van der Waals surface area (Å²) in [4.78, 5) is 9.04. The van der Waals surface area contributed by atoms with Gasteiger partial charge >= 0.3 is 0 Å². The second kappa shape index (κ2) is 5.73. The predicted molar refractivity (Wildman–Crippen MR) is 82.2 cm³/mol. The molecule has 3 aromatic rings. The van der Waals surface area contributed by atoms with E-state index in [2.05, 4.69) is 38.2 Å². The van der Waals surface area contributed by atoms with Crippen LogP contribution in [0.4, 0.5) is 0 Å². The Balaban J connectivity index is 1.61. The van der Waals surface area contributed by atoms with Gasteiger partial charge in [-0.3, -0.25) is 0 Å². The normalized spacial score (nSPS) is 11.3. The summed E-state index contributed by atoms with van der Waals surface area (Å²) in [5.41, 5.74) is 4.51. The number of nitrogens with one attached hydrogen (secondary N) is 1. The summed E-state index contributed by atoms with van der Waals surface area (Å²) in [6, 6.07) is 6.09. The summed E-state index contributed by atoms with van der Waals surface area (Å²) in [6.07, 6.45) is 3.04. The van der Waals surface area contributed by atoms with E-state index < -0.39 is 0 Å². The molecule has 0 fully saturated rings. The highest BCUT2D eigenvalue weighted by atomic mass is 32.1. The van der Waals surface area contributed by atoms with E-state index in [1.807, 2.05) is 25.1 Å². The topological polar surface area (TPSA) is 42.2 Å². The summed E-state index contributed by atoms with van der Waals surface area (Å²) in [5.74, 6) is 0. The summed E-state index contributed by atoms with van der Waals surface area (Å²) < 4.78 is 2.15. The first-order valence-corrected chi connectivity index (χ1v) is 7.66. The first-order valence-electron chi connectivity index (χ1n) is 6.78. The zero-order valence-corrected chi connectivity index (χ0v) is 12.6. The van der Waals surface area contributed by atoms with Gasteiger partial charge in [-0.05, 0) is 26.0 Å². The molecule has 0 atom stereocenters. The van der Waals surface area contributed by atoms with Gasteiger partial charge in [0.15, 0.2) is 0 Å². The molecule has 0 spiro atoms. The molecule has 0 aliphatic rings. The van der Waals surface area contributed by atoms with E-state index in [-0.39, 0.29) is 0 Å². The zero-order chi connectivity index (χ0) is 13.9. The molecule has 104 valence electrons. The quantitative estimate of drug-likeness (QED) is 0.733. The largest absolute Gasteiger partial charge is 0.311 e. The number of hydrogen-bond acceptors (Lipinski definition) is 4.